The maximum absolute atomic E-state index is 8.61. The summed E-state index contributed by atoms with van der Waals surface area (Å²) >= 11 is 5.75. The molecule has 0 atom stereocenters. The molecule has 0 amide bonds. The zero-order valence-electron chi connectivity index (χ0n) is 6.71. The van der Waals surface area contributed by atoms with Gasteiger partial charge in [0.15, 0.2) is 0 Å². The smallest absolute Gasteiger partial charge is 0.0992 e. The van der Waals surface area contributed by atoms with Gasteiger partial charge in [0.1, 0.15) is 0 Å². The van der Waals surface area contributed by atoms with Gasteiger partial charge in [-0.2, -0.15) is 10.5 Å². The maximum atomic E-state index is 8.61. The third-order valence-corrected chi connectivity index (χ3v) is 1.93. The molecule has 1 aromatic rings. The van der Waals surface area contributed by atoms with Crippen molar-refractivity contribution in [3.05, 3.63) is 28.3 Å². The first-order valence-electron chi connectivity index (χ1n) is 3.54. The SMILES string of the molecule is N#CCc1cc(C#N)cc(Cl)c1N. The van der Waals surface area contributed by atoms with Crippen LogP contribution < -0.4 is 5.73 Å². The van der Waals surface area contributed by atoms with E-state index in [1.54, 1.807) is 6.07 Å². The molecule has 0 fully saturated rings. The molecule has 0 aliphatic rings. The van der Waals surface area contributed by atoms with Crippen LogP contribution in [0.25, 0.3) is 0 Å². The lowest BCUT2D eigenvalue weighted by Crippen LogP contribution is -1.95. The molecule has 0 aliphatic heterocycles. The average molecular weight is 192 g/mol. The summed E-state index contributed by atoms with van der Waals surface area (Å²) in [6, 6.07) is 6.96. The topological polar surface area (TPSA) is 73.6 Å². The van der Waals surface area contributed by atoms with Crippen molar-refractivity contribution in [1.82, 2.24) is 0 Å². The summed E-state index contributed by atoms with van der Waals surface area (Å²) in [5.74, 6) is 0. The normalized spacial score (nSPS) is 8.85. The van der Waals surface area contributed by atoms with Gasteiger partial charge in [-0.05, 0) is 17.7 Å². The minimum absolute atomic E-state index is 0.168. The highest BCUT2D eigenvalue weighted by Crippen LogP contribution is 2.24. The molecule has 3 nitrogen and oxygen atoms in total. The Morgan fingerprint density at radius 3 is 2.62 bits per heavy atom. The number of anilines is 1. The lowest BCUT2D eigenvalue weighted by Gasteiger charge is -2.03. The monoisotopic (exact) mass is 191 g/mol. The predicted molar refractivity (Wildman–Crippen MR) is 49.9 cm³/mol. The van der Waals surface area contributed by atoms with Gasteiger partial charge in [-0.3, -0.25) is 0 Å². The average Bonchev–Trinajstić information content (AvgIpc) is 2.13. The third kappa shape index (κ3) is 1.90. The number of nitrogen functional groups attached to an aromatic ring is 1. The summed E-state index contributed by atoms with van der Waals surface area (Å²) < 4.78 is 0. The van der Waals surface area contributed by atoms with E-state index in [9.17, 15) is 0 Å². The molecule has 64 valence electrons. The van der Waals surface area contributed by atoms with Gasteiger partial charge in [0.2, 0.25) is 0 Å². The molecule has 1 aromatic carbocycles. The van der Waals surface area contributed by atoms with E-state index in [2.05, 4.69) is 0 Å². The van der Waals surface area contributed by atoms with Crippen molar-refractivity contribution in [2.24, 2.45) is 0 Å². The molecule has 13 heavy (non-hydrogen) atoms. The van der Waals surface area contributed by atoms with E-state index >= 15 is 0 Å². The molecule has 2 N–H and O–H groups in total. The maximum Gasteiger partial charge on any atom is 0.0992 e. The lowest BCUT2D eigenvalue weighted by atomic mass is 10.1. The second-order valence-electron chi connectivity index (χ2n) is 2.48. The van der Waals surface area contributed by atoms with Gasteiger partial charge in [-0.15, -0.1) is 0 Å². The van der Waals surface area contributed by atoms with E-state index in [0.717, 1.165) is 0 Å². The van der Waals surface area contributed by atoms with E-state index in [4.69, 9.17) is 27.9 Å². The Hall–Kier alpha value is -1.71. The Morgan fingerprint density at radius 2 is 2.08 bits per heavy atom. The summed E-state index contributed by atoms with van der Waals surface area (Å²) in [5.41, 5.74) is 7.00. The van der Waals surface area contributed by atoms with Crippen LogP contribution in [0.1, 0.15) is 11.1 Å². The van der Waals surface area contributed by atoms with E-state index in [1.165, 1.54) is 6.07 Å². The molecule has 1 rings (SSSR count). The molecule has 0 saturated carbocycles. The summed E-state index contributed by atoms with van der Waals surface area (Å²) in [6.07, 6.45) is 0.168. The minimum atomic E-state index is 0.168. The molecular formula is C9H6ClN3. The van der Waals surface area contributed by atoms with Gasteiger partial charge < -0.3 is 5.73 Å². The summed E-state index contributed by atoms with van der Waals surface area (Å²) in [6.45, 7) is 0. The van der Waals surface area contributed by atoms with Crippen LogP contribution in [0.15, 0.2) is 12.1 Å². The number of halogens is 1. The van der Waals surface area contributed by atoms with Crippen LogP contribution in [-0.4, -0.2) is 0 Å². The van der Waals surface area contributed by atoms with Gasteiger partial charge in [-0.1, -0.05) is 11.6 Å². The molecule has 0 aliphatic carbocycles. The largest absolute Gasteiger partial charge is 0.397 e. The first kappa shape index (κ1) is 9.38. The predicted octanol–water partition coefficient (Wildman–Crippen LogP) is 1.86. The quantitative estimate of drug-likeness (QED) is 0.689. The van der Waals surface area contributed by atoms with E-state index in [0.29, 0.717) is 21.8 Å². The van der Waals surface area contributed by atoms with Crippen LogP contribution in [0.3, 0.4) is 0 Å². The number of rotatable bonds is 1. The van der Waals surface area contributed by atoms with Crippen LogP contribution in [0.5, 0.6) is 0 Å². The lowest BCUT2D eigenvalue weighted by molar-refractivity contribution is 1.26. The fourth-order valence-corrected chi connectivity index (χ4v) is 1.21. The zero-order valence-corrected chi connectivity index (χ0v) is 7.47. The van der Waals surface area contributed by atoms with Crippen molar-refractivity contribution in [1.29, 1.82) is 10.5 Å². The minimum Gasteiger partial charge on any atom is -0.397 e. The van der Waals surface area contributed by atoms with Crippen molar-refractivity contribution in [2.75, 3.05) is 5.73 Å². The molecule has 0 aromatic heterocycles. The van der Waals surface area contributed by atoms with Crippen molar-refractivity contribution in [3.63, 3.8) is 0 Å². The standard InChI is InChI=1S/C9H6ClN3/c10-8-4-6(5-12)3-7(1-2-11)9(8)13/h3-4H,1,13H2. The number of hydrogen-bond donors (Lipinski definition) is 1. The van der Waals surface area contributed by atoms with Crippen molar-refractivity contribution in [3.8, 4) is 12.1 Å². The number of benzene rings is 1. The Kier molecular flexibility index (Phi) is 2.74. The first-order valence-corrected chi connectivity index (χ1v) is 3.91. The fraction of sp³-hybridized carbons (Fsp3) is 0.111. The van der Waals surface area contributed by atoms with Gasteiger partial charge in [0, 0.05) is 0 Å². The molecule has 0 bridgehead atoms. The van der Waals surface area contributed by atoms with Gasteiger partial charge >= 0.3 is 0 Å². The van der Waals surface area contributed by atoms with Crippen LogP contribution in [0.4, 0.5) is 5.69 Å². The zero-order chi connectivity index (χ0) is 9.84. The first-order chi connectivity index (χ1) is 6.19. The fourth-order valence-electron chi connectivity index (χ4n) is 0.971. The number of hydrogen-bond acceptors (Lipinski definition) is 3. The van der Waals surface area contributed by atoms with E-state index < -0.39 is 0 Å². The van der Waals surface area contributed by atoms with Crippen molar-refractivity contribution < 1.29 is 0 Å². The van der Waals surface area contributed by atoms with Gasteiger partial charge in [-0.25, -0.2) is 0 Å². The molecule has 4 heteroatoms. The molecule has 0 saturated heterocycles. The Balaban J connectivity index is 3.28. The molecule has 0 heterocycles. The Labute approximate surface area is 81.0 Å². The van der Waals surface area contributed by atoms with Crippen LogP contribution in [0, 0.1) is 22.7 Å². The number of nitrogens with zero attached hydrogens (tertiary/aromatic N) is 2. The molecule has 0 spiro atoms. The highest BCUT2D eigenvalue weighted by atomic mass is 35.5. The molecule has 0 unspecified atom stereocenters. The van der Waals surface area contributed by atoms with Crippen LogP contribution in [0.2, 0.25) is 5.02 Å². The summed E-state index contributed by atoms with van der Waals surface area (Å²) in [4.78, 5) is 0. The van der Waals surface area contributed by atoms with Crippen molar-refractivity contribution >= 4 is 17.3 Å². The Morgan fingerprint density at radius 1 is 1.38 bits per heavy atom. The van der Waals surface area contributed by atoms with Crippen LogP contribution in [-0.2, 0) is 6.42 Å². The van der Waals surface area contributed by atoms with Gasteiger partial charge in [0.05, 0.1) is 34.8 Å². The summed E-state index contributed by atoms with van der Waals surface area (Å²) in [5, 5.41) is 17.4. The second-order valence-corrected chi connectivity index (χ2v) is 2.88. The van der Waals surface area contributed by atoms with E-state index in [-0.39, 0.29) is 6.42 Å². The van der Waals surface area contributed by atoms with Crippen molar-refractivity contribution in [2.45, 2.75) is 6.42 Å². The highest BCUT2D eigenvalue weighted by Gasteiger charge is 2.05. The van der Waals surface area contributed by atoms with Crippen LogP contribution >= 0.6 is 11.6 Å². The second kappa shape index (κ2) is 3.80. The molecule has 0 radical (unpaired) electrons. The summed E-state index contributed by atoms with van der Waals surface area (Å²) in [7, 11) is 0. The number of nitrogens with two attached hydrogens (primary N) is 1. The van der Waals surface area contributed by atoms with E-state index in [1.807, 2.05) is 12.1 Å². The Bertz CT molecular complexity index is 412. The third-order valence-electron chi connectivity index (χ3n) is 1.61. The molecular weight excluding hydrogens is 186 g/mol. The number of nitriles is 2. The van der Waals surface area contributed by atoms with Gasteiger partial charge in [0.25, 0.3) is 0 Å². The highest BCUT2D eigenvalue weighted by molar-refractivity contribution is 6.33.